The zero-order chi connectivity index (χ0) is 46.4. The van der Waals surface area contributed by atoms with E-state index in [4.69, 9.17) is 0 Å². The Morgan fingerprint density at radius 1 is 0.594 bits per heavy atom. The second-order valence-corrected chi connectivity index (χ2v) is 22.5. The minimum Gasteiger partial charge on any atom is -0.478 e. The fourth-order valence-corrected chi connectivity index (χ4v) is 16.4. The predicted octanol–water partition coefficient (Wildman–Crippen LogP) is 14.1. The van der Waals surface area contributed by atoms with Crippen LogP contribution in [-0.2, 0) is 22.0 Å². The summed E-state index contributed by atoms with van der Waals surface area (Å²) >= 11 is 0. The average Bonchev–Trinajstić information content (AvgIpc) is 3.79. The van der Waals surface area contributed by atoms with E-state index in [0.29, 0.717) is 16.5 Å². The van der Waals surface area contributed by atoms with E-state index in [2.05, 4.69) is 149 Å². The molecule has 8 bridgehead atoms. The van der Waals surface area contributed by atoms with E-state index >= 15 is 0 Å². The molecule has 4 unspecified atom stereocenters. The first-order chi connectivity index (χ1) is 33.7. The maximum Gasteiger partial charge on any atom is 0.337 e. The number of carboxylic acids is 1. The first kappa shape index (κ1) is 42.5. The van der Waals surface area contributed by atoms with Gasteiger partial charge in [0, 0.05) is 41.7 Å². The lowest BCUT2D eigenvalue weighted by atomic mass is 9.37. The number of aromatic nitrogens is 1. The number of hydrogen-bond donors (Lipinski definition) is 3. The summed E-state index contributed by atoms with van der Waals surface area (Å²) in [6.45, 7) is 0. The van der Waals surface area contributed by atoms with Crippen molar-refractivity contribution in [1.82, 2.24) is 4.57 Å². The Kier molecular flexibility index (Phi) is 10.2. The number of nitrogens with zero attached hydrogens (tertiary/aromatic N) is 2. The molecule has 7 heteroatoms. The Balaban J connectivity index is 0.653. The summed E-state index contributed by atoms with van der Waals surface area (Å²) in [5.74, 6) is 5.80. The summed E-state index contributed by atoms with van der Waals surface area (Å²) in [7, 11) is 2.12. The maximum absolute atomic E-state index is 12.9. The maximum atomic E-state index is 12.9. The van der Waals surface area contributed by atoms with E-state index in [9.17, 15) is 14.7 Å². The highest BCUT2D eigenvalue weighted by Crippen LogP contribution is 2.71. The first-order valence-corrected chi connectivity index (χ1v) is 25.8. The molecule has 8 fully saturated rings. The van der Waals surface area contributed by atoms with Gasteiger partial charge >= 0.3 is 5.97 Å². The van der Waals surface area contributed by atoms with Gasteiger partial charge in [0.15, 0.2) is 0 Å². The third-order valence-corrected chi connectivity index (χ3v) is 18.7. The van der Waals surface area contributed by atoms with Crippen molar-refractivity contribution in [3.63, 3.8) is 0 Å². The summed E-state index contributed by atoms with van der Waals surface area (Å²) < 4.78 is 2.26. The Morgan fingerprint density at radius 2 is 1.10 bits per heavy atom. The van der Waals surface area contributed by atoms with Gasteiger partial charge in [0.05, 0.1) is 23.2 Å². The highest BCUT2D eigenvalue weighted by atomic mass is 16.4. The zero-order valence-corrected chi connectivity index (χ0v) is 39.6. The van der Waals surface area contributed by atoms with Crippen molar-refractivity contribution in [3.05, 3.63) is 180 Å². The van der Waals surface area contributed by atoms with Gasteiger partial charge in [-0.05, 0) is 229 Å². The van der Waals surface area contributed by atoms with Gasteiger partial charge in [0.1, 0.15) is 0 Å². The number of carboxylic acid groups (broad SMARTS) is 1. The van der Waals surface area contributed by atoms with Crippen LogP contribution in [0, 0.1) is 47.3 Å². The van der Waals surface area contributed by atoms with Gasteiger partial charge in [-0.15, -0.1) is 0 Å². The van der Waals surface area contributed by atoms with Crippen molar-refractivity contribution in [2.75, 3.05) is 22.6 Å². The van der Waals surface area contributed by atoms with Crippen LogP contribution in [0.15, 0.2) is 158 Å². The van der Waals surface area contributed by atoms with Crippen molar-refractivity contribution in [1.29, 1.82) is 0 Å². The number of fused-ring (bicyclic) bond motifs is 2. The van der Waals surface area contributed by atoms with Gasteiger partial charge in [-0.1, -0.05) is 66.7 Å². The molecule has 6 aromatic carbocycles. The Morgan fingerprint density at radius 3 is 1.68 bits per heavy atom. The molecule has 1 aromatic heterocycles. The summed E-state index contributed by atoms with van der Waals surface area (Å²) in [6, 6.07) is 53.4. The van der Waals surface area contributed by atoms with E-state index in [0.717, 1.165) is 64.3 Å². The molecule has 348 valence electrons. The van der Waals surface area contributed by atoms with Crippen LogP contribution in [-0.4, -0.2) is 28.6 Å². The molecule has 69 heavy (non-hydrogen) atoms. The van der Waals surface area contributed by atoms with Crippen molar-refractivity contribution in [2.45, 2.75) is 81.5 Å². The molecule has 15 rings (SSSR count). The number of rotatable bonds is 12. The fourth-order valence-electron chi connectivity index (χ4n) is 16.4. The van der Waals surface area contributed by atoms with E-state index in [1.165, 1.54) is 98.2 Å². The summed E-state index contributed by atoms with van der Waals surface area (Å²) in [6.07, 6.45) is 16.5. The molecule has 4 atom stereocenters. The third-order valence-electron chi connectivity index (χ3n) is 18.7. The van der Waals surface area contributed by atoms with Crippen LogP contribution in [0.1, 0.15) is 91.3 Å². The largest absolute Gasteiger partial charge is 0.478 e. The highest BCUT2D eigenvalue weighted by Gasteiger charge is 2.63. The third kappa shape index (κ3) is 7.46. The monoisotopic (exact) mass is 910 g/mol. The van der Waals surface area contributed by atoms with E-state index in [-0.39, 0.29) is 17.9 Å². The normalized spacial score (nSPS) is 29.3. The van der Waals surface area contributed by atoms with Crippen molar-refractivity contribution in [2.24, 2.45) is 47.3 Å². The molecule has 0 radical (unpaired) electrons. The molecular weight excluding hydrogens is 849 g/mol. The van der Waals surface area contributed by atoms with Gasteiger partial charge in [-0.3, -0.25) is 4.79 Å². The molecule has 7 nitrogen and oxygen atoms in total. The van der Waals surface area contributed by atoms with Crippen LogP contribution in [0.25, 0.3) is 16.6 Å². The molecule has 3 N–H and O–H groups in total. The standard InChI is InChI=1S/C62H62N4O3/c1-65(51-20-10-39(11-21-51)32-57(67)64-55-8-4-3-7-54(55)60(68)69)52-22-14-48(15-23-52)62-34-41-30-45(37-62)59(46(31-41)38-62)58-43-28-40-29-44(58)36-61(33-40,35-43)47-12-16-49(17-13-47)63-50-18-24-53(25-19-50)66-27-26-42-6-2-5-9-56(42)66/h2-27,40-41,43-46,58-59,63H,28-38H2,1H3,(H,64,67)(H,68,69). The van der Waals surface area contributed by atoms with Crippen LogP contribution in [0.5, 0.6) is 0 Å². The molecule has 8 saturated carbocycles. The van der Waals surface area contributed by atoms with Crippen LogP contribution in [0.3, 0.4) is 0 Å². The Hall–Kier alpha value is -6.60. The Bertz CT molecular complexity index is 3030. The van der Waals surface area contributed by atoms with Crippen molar-refractivity contribution < 1.29 is 14.7 Å². The minimum atomic E-state index is -1.06. The second-order valence-electron chi connectivity index (χ2n) is 22.5. The predicted molar refractivity (Wildman–Crippen MR) is 277 cm³/mol. The topological polar surface area (TPSA) is 86.6 Å². The molecule has 1 heterocycles. The molecule has 0 saturated heterocycles. The number of anilines is 5. The lowest BCUT2D eigenvalue weighted by Gasteiger charge is -2.68. The number of benzene rings is 6. The van der Waals surface area contributed by atoms with Gasteiger partial charge in [0.25, 0.3) is 0 Å². The van der Waals surface area contributed by atoms with Crippen LogP contribution in [0.4, 0.5) is 28.4 Å². The van der Waals surface area contributed by atoms with Crippen LogP contribution >= 0.6 is 0 Å². The number of carbonyl (C=O) groups is 2. The molecule has 8 aliphatic rings. The van der Waals surface area contributed by atoms with Gasteiger partial charge in [-0.2, -0.15) is 0 Å². The molecule has 0 spiro atoms. The Labute approximate surface area is 406 Å². The average molecular weight is 911 g/mol. The van der Waals surface area contributed by atoms with Crippen molar-refractivity contribution >= 4 is 51.2 Å². The van der Waals surface area contributed by atoms with E-state index < -0.39 is 5.97 Å². The number of aromatic carboxylic acids is 1. The van der Waals surface area contributed by atoms with E-state index in [1.807, 2.05) is 12.1 Å². The lowest BCUT2D eigenvalue weighted by Crippen LogP contribution is -2.61. The summed E-state index contributed by atoms with van der Waals surface area (Å²) in [5.41, 5.74) is 12.0. The molecular formula is C62H62N4O3. The summed E-state index contributed by atoms with van der Waals surface area (Å²) in [4.78, 5) is 26.7. The van der Waals surface area contributed by atoms with Gasteiger partial charge in [-0.25, -0.2) is 4.79 Å². The van der Waals surface area contributed by atoms with Crippen LogP contribution < -0.4 is 15.5 Å². The number of carbonyl (C=O) groups excluding carboxylic acids is 1. The van der Waals surface area contributed by atoms with Crippen LogP contribution in [0.2, 0.25) is 0 Å². The quantitative estimate of drug-likeness (QED) is 0.114. The number of amides is 1. The van der Waals surface area contributed by atoms with E-state index in [1.54, 1.807) is 29.3 Å². The number of nitrogens with one attached hydrogen (secondary N) is 2. The summed E-state index contributed by atoms with van der Waals surface area (Å²) in [5, 5.41) is 17.2. The molecule has 7 aromatic rings. The zero-order valence-electron chi connectivity index (χ0n) is 39.6. The first-order valence-electron chi connectivity index (χ1n) is 25.8. The minimum absolute atomic E-state index is 0.0848. The SMILES string of the molecule is CN(c1ccc(CC(=O)Nc2ccccc2C(=O)O)cc1)c1ccc(C23CC4CC(C2)C(C2C5CC6CC2CC(c2ccc(Nc7ccc(-n8ccc9ccccc98)cc7)cc2)(C6)C5)C(C4)C3)cc1. The van der Waals surface area contributed by atoms with Crippen molar-refractivity contribution in [3.8, 4) is 5.69 Å². The molecule has 8 aliphatic carbocycles. The fraction of sp³-hybridized carbons (Fsp3) is 0.355. The lowest BCUT2D eigenvalue weighted by molar-refractivity contribution is -0.151. The molecule has 0 aliphatic heterocycles. The number of hydrogen-bond acceptors (Lipinski definition) is 4. The highest BCUT2D eigenvalue weighted by molar-refractivity contribution is 6.01. The van der Waals surface area contributed by atoms with Gasteiger partial charge in [0.2, 0.25) is 5.91 Å². The smallest absolute Gasteiger partial charge is 0.337 e. The number of para-hydroxylation sites is 2. The second kappa shape index (κ2) is 16.5. The van der Waals surface area contributed by atoms with Gasteiger partial charge < -0.3 is 25.2 Å². The molecule has 1 amide bonds.